The molecule has 0 aliphatic heterocycles. The summed E-state index contributed by atoms with van der Waals surface area (Å²) in [5.74, 6) is -1.59. The van der Waals surface area contributed by atoms with E-state index in [-0.39, 0.29) is 18.9 Å². The second kappa shape index (κ2) is 7.67. The average Bonchev–Trinajstić information content (AvgIpc) is 2.53. The van der Waals surface area contributed by atoms with Crippen molar-refractivity contribution in [1.82, 2.24) is 20.3 Å². The topological polar surface area (TPSA) is 117 Å². The number of amides is 1. The Kier molecular flexibility index (Phi) is 5.62. The molecule has 1 aromatic carbocycles. The number of hydrogen-bond donors (Lipinski definition) is 1. The minimum atomic E-state index is -1.25. The van der Waals surface area contributed by atoms with Crippen LogP contribution < -0.4 is 16.0 Å². The molecule has 128 valence electrons. The van der Waals surface area contributed by atoms with Crippen molar-refractivity contribution in [2.45, 2.75) is 32.7 Å². The Morgan fingerprint density at radius 3 is 2.67 bits per heavy atom. The Bertz CT molecular complexity index is 800. The van der Waals surface area contributed by atoms with E-state index in [9.17, 15) is 19.5 Å². The average molecular weight is 331 g/mol. The Morgan fingerprint density at radius 2 is 2.00 bits per heavy atom. The summed E-state index contributed by atoms with van der Waals surface area (Å²) < 4.78 is 1.07. The van der Waals surface area contributed by atoms with E-state index in [0.29, 0.717) is 17.3 Å². The third-order valence-electron chi connectivity index (χ3n) is 3.51. The fourth-order valence-electron chi connectivity index (χ4n) is 2.38. The molecule has 0 spiro atoms. The lowest BCUT2D eigenvalue weighted by Gasteiger charge is -2.19. The number of aromatic nitrogens is 3. The van der Waals surface area contributed by atoms with Crippen LogP contribution in [0.3, 0.4) is 0 Å². The predicted molar refractivity (Wildman–Crippen MR) is 84.9 cm³/mol. The van der Waals surface area contributed by atoms with Crippen LogP contribution in [0.1, 0.15) is 32.7 Å². The number of carbonyl (C=O) groups excluding carboxylic acids is 2. The van der Waals surface area contributed by atoms with Crippen molar-refractivity contribution < 1.29 is 14.7 Å². The SMILES string of the molecule is CC(C)C[C@@H](C(=O)NCCC(=O)[O-])n1nnc2ccccc2c1=O. The highest BCUT2D eigenvalue weighted by Gasteiger charge is 2.24. The molecule has 8 heteroatoms. The van der Waals surface area contributed by atoms with E-state index in [1.165, 1.54) is 0 Å². The minimum absolute atomic E-state index is 0.0640. The molecule has 0 saturated carbocycles. The molecule has 1 aromatic heterocycles. The smallest absolute Gasteiger partial charge is 0.278 e. The molecule has 2 aromatic rings. The summed E-state index contributed by atoms with van der Waals surface area (Å²) in [5, 5.41) is 21.2. The van der Waals surface area contributed by atoms with Gasteiger partial charge in [-0.15, -0.1) is 5.10 Å². The first kappa shape index (κ1) is 17.6. The fraction of sp³-hybridized carbons (Fsp3) is 0.438. The second-order valence-electron chi connectivity index (χ2n) is 5.91. The van der Waals surface area contributed by atoms with Gasteiger partial charge in [-0.1, -0.05) is 31.2 Å². The zero-order valence-electron chi connectivity index (χ0n) is 13.6. The van der Waals surface area contributed by atoms with E-state index < -0.39 is 23.5 Å². The minimum Gasteiger partial charge on any atom is -0.550 e. The lowest BCUT2D eigenvalue weighted by atomic mass is 10.0. The fourth-order valence-corrected chi connectivity index (χ4v) is 2.38. The van der Waals surface area contributed by atoms with Gasteiger partial charge in [0, 0.05) is 18.9 Å². The molecule has 0 unspecified atom stereocenters. The summed E-state index contributed by atoms with van der Waals surface area (Å²) in [4.78, 5) is 35.5. The first-order valence-corrected chi connectivity index (χ1v) is 7.72. The molecule has 0 saturated heterocycles. The van der Waals surface area contributed by atoms with Crippen molar-refractivity contribution in [2.75, 3.05) is 6.54 Å². The van der Waals surface area contributed by atoms with Crippen molar-refractivity contribution in [2.24, 2.45) is 5.92 Å². The van der Waals surface area contributed by atoms with E-state index in [0.717, 1.165) is 4.68 Å². The molecule has 8 nitrogen and oxygen atoms in total. The highest BCUT2D eigenvalue weighted by Crippen LogP contribution is 2.16. The van der Waals surface area contributed by atoms with Gasteiger partial charge in [-0.3, -0.25) is 9.59 Å². The molecule has 1 amide bonds. The van der Waals surface area contributed by atoms with E-state index in [2.05, 4.69) is 15.6 Å². The summed E-state index contributed by atoms with van der Waals surface area (Å²) in [6.07, 6.45) is 0.0858. The van der Waals surface area contributed by atoms with Crippen LogP contribution in [0.25, 0.3) is 10.9 Å². The zero-order chi connectivity index (χ0) is 17.7. The number of hydrogen-bond acceptors (Lipinski definition) is 6. The van der Waals surface area contributed by atoms with E-state index in [1.54, 1.807) is 24.3 Å². The Labute approximate surface area is 138 Å². The first-order chi connectivity index (χ1) is 11.4. The number of nitrogens with one attached hydrogen (secondary N) is 1. The Hall–Kier alpha value is -2.77. The number of rotatable bonds is 7. The van der Waals surface area contributed by atoms with Crippen molar-refractivity contribution in [3.63, 3.8) is 0 Å². The van der Waals surface area contributed by atoms with Crippen molar-refractivity contribution in [3.8, 4) is 0 Å². The van der Waals surface area contributed by atoms with Gasteiger partial charge in [0.25, 0.3) is 5.56 Å². The molecule has 24 heavy (non-hydrogen) atoms. The van der Waals surface area contributed by atoms with Gasteiger partial charge in [0.1, 0.15) is 11.6 Å². The highest BCUT2D eigenvalue weighted by molar-refractivity contribution is 5.81. The Morgan fingerprint density at radius 1 is 1.29 bits per heavy atom. The van der Waals surface area contributed by atoms with E-state index in [1.807, 2.05) is 13.8 Å². The molecule has 0 aliphatic rings. The number of carbonyl (C=O) groups is 2. The van der Waals surface area contributed by atoms with Gasteiger partial charge < -0.3 is 15.2 Å². The van der Waals surface area contributed by atoms with E-state index >= 15 is 0 Å². The monoisotopic (exact) mass is 331 g/mol. The summed E-state index contributed by atoms with van der Waals surface area (Å²) in [7, 11) is 0. The van der Waals surface area contributed by atoms with Gasteiger partial charge in [0.05, 0.1) is 5.39 Å². The van der Waals surface area contributed by atoms with Crippen LogP contribution in [0.2, 0.25) is 0 Å². The summed E-state index contributed by atoms with van der Waals surface area (Å²) in [6, 6.07) is 5.91. The van der Waals surface area contributed by atoms with E-state index in [4.69, 9.17) is 0 Å². The maximum absolute atomic E-state index is 12.6. The standard InChI is InChI=1S/C16H20N4O4/c1-10(2)9-13(15(23)17-8-7-14(21)22)20-16(24)11-5-3-4-6-12(11)18-19-20/h3-6,10,13H,7-9H2,1-2H3,(H,17,23)(H,21,22)/p-1/t13-/m0/s1. The molecule has 0 fully saturated rings. The summed E-state index contributed by atoms with van der Waals surface area (Å²) in [6.45, 7) is 3.77. The lowest BCUT2D eigenvalue weighted by Crippen LogP contribution is -2.41. The maximum atomic E-state index is 12.6. The molecular formula is C16H19N4O4-. The maximum Gasteiger partial charge on any atom is 0.278 e. The third kappa shape index (κ3) is 4.15. The molecule has 2 rings (SSSR count). The highest BCUT2D eigenvalue weighted by atomic mass is 16.4. The number of benzene rings is 1. The van der Waals surface area contributed by atoms with Gasteiger partial charge >= 0.3 is 0 Å². The molecule has 0 aliphatic carbocycles. The predicted octanol–water partition coefficient (Wildman–Crippen LogP) is -0.365. The van der Waals surface area contributed by atoms with Gasteiger partial charge in [-0.2, -0.15) is 4.68 Å². The zero-order valence-corrected chi connectivity index (χ0v) is 13.6. The number of carboxylic acid groups (broad SMARTS) is 1. The summed E-state index contributed by atoms with van der Waals surface area (Å²) in [5.41, 5.74) is 0.0562. The molecular weight excluding hydrogens is 312 g/mol. The summed E-state index contributed by atoms with van der Waals surface area (Å²) >= 11 is 0. The second-order valence-corrected chi connectivity index (χ2v) is 5.91. The lowest BCUT2D eigenvalue weighted by molar-refractivity contribution is -0.305. The van der Waals surface area contributed by atoms with Crippen LogP contribution in [-0.4, -0.2) is 33.4 Å². The number of aliphatic carboxylic acids is 1. The largest absolute Gasteiger partial charge is 0.550 e. The number of fused-ring (bicyclic) bond motifs is 1. The van der Waals surface area contributed by atoms with Crippen molar-refractivity contribution >= 4 is 22.8 Å². The van der Waals surface area contributed by atoms with Crippen molar-refractivity contribution in [1.29, 1.82) is 0 Å². The van der Waals surface area contributed by atoms with Crippen LogP contribution in [0.4, 0.5) is 0 Å². The van der Waals surface area contributed by atoms with Crippen LogP contribution >= 0.6 is 0 Å². The van der Waals surface area contributed by atoms with Crippen LogP contribution in [0, 0.1) is 5.92 Å². The molecule has 1 heterocycles. The molecule has 0 bridgehead atoms. The normalized spacial score (nSPS) is 12.3. The van der Waals surface area contributed by atoms with Crippen LogP contribution in [0.5, 0.6) is 0 Å². The van der Waals surface area contributed by atoms with Gasteiger partial charge in [0.2, 0.25) is 5.91 Å². The molecule has 1 N–H and O–H groups in total. The van der Waals surface area contributed by atoms with Gasteiger partial charge in [0.15, 0.2) is 0 Å². The van der Waals surface area contributed by atoms with Crippen LogP contribution in [0.15, 0.2) is 29.1 Å². The van der Waals surface area contributed by atoms with Crippen molar-refractivity contribution in [3.05, 3.63) is 34.6 Å². The molecule has 1 atom stereocenters. The first-order valence-electron chi connectivity index (χ1n) is 7.72. The van der Waals surface area contributed by atoms with Gasteiger partial charge in [-0.25, -0.2) is 0 Å². The van der Waals surface area contributed by atoms with Gasteiger partial charge in [-0.05, 0) is 24.5 Å². The Balaban J connectivity index is 2.34. The molecule has 0 radical (unpaired) electrons. The van der Waals surface area contributed by atoms with Crippen LogP contribution in [-0.2, 0) is 9.59 Å². The quantitative estimate of drug-likeness (QED) is 0.740. The third-order valence-corrected chi connectivity index (χ3v) is 3.51. The number of nitrogens with zero attached hydrogens (tertiary/aromatic N) is 3. The number of carboxylic acids is 1.